The van der Waals surface area contributed by atoms with Crippen molar-refractivity contribution in [3.63, 3.8) is 0 Å². The summed E-state index contributed by atoms with van der Waals surface area (Å²) in [6.07, 6.45) is 9.45. The Bertz CT molecular complexity index is 231. The SMILES string of the molecule is CCCC1CCC(CN)C(SC2CCOCC2)C1. The Balaban J connectivity index is 1.84. The van der Waals surface area contributed by atoms with E-state index in [1.165, 1.54) is 44.9 Å². The lowest BCUT2D eigenvalue weighted by atomic mass is 9.80. The van der Waals surface area contributed by atoms with Crippen molar-refractivity contribution in [1.82, 2.24) is 0 Å². The average molecular weight is 271 g/mol. The molecule has 0 aromatic rings. The molecule has 0 aromatic heterocycles. The van der Waals surface area contributed by atoms with Gasteiger partial charge in [-0.15, -0.1) is 0 Å². The van der Waals surface area contributed by atoms with Gasteiger partial charge in [-0.25, -0.2) is 0 Å². The summed E-state index contributed by atoms with van der Waals surface area (Å²) in [5.74, 6) is 1.74. The van der Waals surface area contributed by atoms with Crippen LogP contribution in [0, 0.1) is 11.8 Å². The molecule has 2 N–H and O–H groups in total. The minimum atomic E-state index is 0.769. The van der Waals surface area contributed by atoms with E-state index < -0.39 is 0 Å². The second kappa shape index (κ2) is 7.76. The molecule has 2 nitrogen and oxygen atoms in total. The normalized spacial score (nSPS) is 34.7. The first kappa shape index (κ1) is 14.7. The van der Waals surface area contributed by atoms with Crippen molar-refractivity contribution >= 4 is 11.8 Å². The molecule has 0 aromatic carbocycles. The molecule has 1 aliphatic heterocycles. The van der Waals surface area contributed by atoms with Gasteiger partial charge in [0.05, 0.1) is 0 Å². The van der Waals surface area contributed by atoms with Crippen LogP contribution in [0.25, 0.3) is 0 Å². The van der Waals surface area contributed by atoms with Crippen LogP contribution in [0.2, 0.25) is 0 Å². The maximum absolute atomic E-state index is 5.98. The Morgan fingerprint density at radius 3 is 2.61 bits per heavy atom. The van der Waals surface area contributed by atoms with Crippen LogP contribution < -0.4 is 5.73 Å². The van der Waals surface area contributed by atoms with Crippen LogP contribution in [0.1, 0.15) is 51.9 Å². The Morgan fingerprint density at radius 2 is 1.94 bits per heavy atom. The van der Waals surface area contributed by atoms with Crippen molar-refractivity contribution in [2.75, 3.05) is 19.8 Å². The number of nitrogens with two attached hydrogens (primary N) is 1. The van der Waals surface area contributed by atoms with Crippen LogP contribution in [0.15, 0.2) is 0 Å². The summed E-state index contributed by atoms with van der Waals surface area (Å²) in [5.41, 5.74) is 5.98. The van der Waals surface area contributed by atoms with Gasteiger partial charge in [0.2, 0.25) is 0 Å². The first-order chi connectivity index (χ1) is 8.83. The van der Waals surface area contributed by atoms with Crippen molar-refractivity contribution in [3.8, 4) is 0 Å². The van der Waals surface area contributed by atoms with Crippen LogP contribution in [0.4, 0.5) is 0 Å². The largest absolute Gasteiger partial charge is 0.381 e. The highest BCUT2D eigenvalue weighted by Crippen LogP contribution is 2.41. The minimum Gasteiger partial charge on any atom is -0.381 e. The zero-order chi connectivity index (χ0) is 12.8. The Morgan fingerprint density at radius 1 is 1.17 bits per heavy atom. The molecule has 1 aliphatic carbocycles. The van der Waals surface area contributed by atoms with E-state index in [4.69, 9.17) is 10.5 Å². The number of hydrogen-bond donors (Lipinski definition) is 1. The lowest BCUT2D eigenvalue weighted by molar-refractivity contribution is 0.0997. The van der Waals surface area contributed by atoms with Gasteiger partial charge in [-0.3, -0.25) is 0 Å². The third-order valence-electron chi connectivity index (χ3n) is 4.57. The lowest BCUT2D eigenvalue weighted by Crippen LogP contribution is -2.34. The molecule has 3 unspecified atom stereocenters. The van der Waals surface area contributed by atoms with Crippen LogP contribution in [-0.4, -0.2) is 30.3 Å². The van der Waals surface area contributed by atoms with Crippen molar-refractivity contribution in [3.05, 3.63) is 0 Å². The molecule has 1 saturated carbocycles. The van der Waals surface area contributed by atoms with E-state index in [0.717, 1.165) is 42.1 Å². The maximum Gasteiger partial charge on any atom is 0.0476 e. The second-order valence-electron chi connectivity index (χ2n) is 5.95. The summed E-state index contributed by atoms with van der Waals surface area (Å²) < 4.78 is 5.46. The summed E-state index contributed by atoms with van der Waals surface area (Å²) >= 11 is 2.24. The molecule has 0 spiro atoms. The fraction of sp³-hybridized carbons (Fsp3) is 1.00. The van der Waals surface area contributed by atoms with Gasteiger partial charge in [0.15, 0.2) is 0 Å². The molecule has 0 bridgehead atoms. The van der Waals surface area contributed by atoms with E-state index in [0.29, 0.717) is 0 Å². The summed E-state index contributed by atoms with van der Waals surface area (Å²) in [4.78, 5) is 0. The highest BCUT2D eigenvalue weighted by molar-refractivity contribution is 8.00. The molecule has 3 atom stereocenters. The molecule has 3 heteroatoms. The van der Waals surface area contributed by atoms with E-state index in [1.54, 1.807) is 0 Å². The lowest BCUT2D eigenvalue weighted by Gasteiger charge is -2.37. The standard InChI is InChI=1S/C15H29NOS/c1-2-3-12-4-5-13(11-16)15(10-12)18-14-6-8-17-9-7-14/h12-15H,2-11,16H2,1H3. The topological polar surface area (TPSA) is 35.2 Å². The zero-order valence-corrected chi connectivity index (χ0v) is 12.6. The molecule has 2 aliphatic rings. The van der Waals surface area contributed by atoms with Crippen molar-refractivity contribution in [1.29, 1.82) is 0 Å². The van der Waals surface area contributed by atoms with Crippen LogP contribution in [0.5, 0.6) is 0 Å². The third-order valence-corrected chi connectivity index (χ3v) is 6.36. The second-order valence-corrected chi connectivity index (χ2v) is 7.49. The number of rotatable bonds is 5. The quantitative estimate of drug-likeness (QED) is 0.832. The van der Waals surface area contributed by atoms with Gasteiger partial charge in [-0.05, 0) is 44.1 Å². The predicted molar refractivity (Wildman–Crippen MR) is 80.0 cm³/mol. The van der Waals surface area contributed by atoms with Gasteiger partial charge in [0.1, 0.15) is 0 Å². The first-order valence-corrected chi connectivity index (χ1v) is 8.71. The monoisotopic (exact) mass is 271 g/mol. The molecular weight excluding hydrogens is 242 g/mol. The smallest absolute Gasteiger partial charge is 0.0476 e. The Labute approximate surface area is 116 Å². The molecule has 1 saturated heterocycles. The molecule has 2 rings (SSSR count). The fourth-order valence-corrected chi connectivity index (χ4v) is 5.25. The van der Waals surface area contributed by atoms with Crippen molar-refractivity contribution < 1.29 is 4.74 Å². The summed E-state index contributed by atoms with van der Waals surface area (Å²) in [7, 11) is 0. The number of thioether (sulfide) groups is 1. The molecule has 0 radical (unpaired) electrons. The predicted octanol–water partition coefficient (Wildman–Crippen LogP) is 3.44. The molecule has 2 fully saturated rings. The van der Waals surface area contributed by atoms with Crippen molar-refractivity contribution in [2.45, 2.75) is 62.4 Å². The number of hydrogen-bond acceptors (Lipinski definition) is 3. The van der Waals surface area contributed by atoms with E-state index >= 15 is 0 Å². The highest BCUT2D eigenvalue weighted by Gasteiger charge is 2.31. The van der Waals surface area contributed by atoms with Gasteiger partial charge >= 0.3 is 0 Å². The van der Waals surface area contributed by atoms with E-state index in [-0.39, 0.29) is 0 Å². The van der Waals surface area contributed by atoms with Gasteiger partial charge in [-0.2, -0.15) is 11.8 Å². The van der Waals surface area contributed by atoms with Gasteiger partial charge in [-0.1, -0.05) is 26.2 Å². The first-order valence-electron chi connectivity index (χ1n) is 7.76. The Hall–Kier alpha value is 0.270. The third kappa shape index (κ3) is 4.14. The summed E-state index contributed by atoms with van der Waals surface area (Å²) in [6, 6.07) is 0. The van der Waals surface area contributed by atoms with Crippen LogP contribution >= 0.6 is 11.8 Å². The fourth-order valence-electron chi connectivity index (χ4n) is 3.44. The minimum absolute atomic E-state index is 0.769. The van der Waals surface area contributed by atoms with Gasteiger partial charge < -0.3 is 10.5 Å². The molecule has 106 valence electrons. The van der Waals surface area contributed by atoms with E-state index in [2.05, 4.69) is 18.7 Å². The van der Waals surface area contributed by atoms with E-state index in [9.17, 15) is 0 Å². The van der Waals surface area contributed by atoms with E-state index in [1.807, 2.05) is 0 Å². The zero-order valence-electron chi connectivity index (χ0n) is 11.8. The molecule has 0 amide bonds. The Kier molecular flexibility index (Phi) is 6.33. The molecule has 1 heterocycles. The van der Waals surface area contributed by atoms with Gasteiger partial charge in [0.25, 0.3) is 0 Å². The number of ether oxygens (including phenoxy) is 1. The maximum atomic E-state index is 5.98. The molecular formula is C15H29NOS. The van der Waals surface area contributed by atoms with Gasteiger partial charge in [0, 0.05) is 23.7 Å². The van der Waals surface area contributed by atoms with Crippen molar-refractivity contribution in [2.24, 2.45) is 17.6 Å². The van der Waals surface area contributed by atoms with Crippen LogP contribution in [-0.2, 0) is 4.74 Å². The average Bonchev–Trinajstić information content (AvgIpc) is 2.41. The molecule has 18 heavy (non-hydrogen) atoms. The van der Waals surface area contributed by atoms with Crippen LogP contribution in [0.3, 0.4) is 0 Å². The summed E-state index contributed by atoms with van der Waals surface area (Å²) in [5, 5.41) is 1.65. The summed E-state index contributed by atoms with van der Waals surface area (Å²) in [6.45, 7) is 5.14. The highest BCUT2D eigenvalue weighted by atomic mass is 32.2.